The average Bonchev–Trinajstić information content (AvgIpc) is 3.24. The zero-order valence-electron chi connectivity index (χ0n) is 37.4. The Morgan fingerprint density at radius 2 is 0.902 bits per heavy atom. The zero-order valence-corrected chi connectivity index (χ0v) is 38.3. The van der Waals surface area contributed by atoms with Crippen LogP contribution in [0.15, 0.2) is 48.6 Å². The van der Waals surface area contributed by atoms with Gasteiger partial charge in [0.2, 0.25) is 0 Å². The molecule has 6 unspecified atom stereocenters. The number of aliphatic hydroxyl groups excluding tert-OH is 5. The molecule has 1 aliphatic rings. The summed E-state index contributed by atoms with van der Waals surface area (Å²) in [6.07, 6.45) is 30.4. The van der Waals surface area contributed by atoms with Crippen LogP contribution in [0, 0.1) is 0 Å². The Balaban J connectivity index is 2.51. The summed E-state index contributed by atoms with van der Waals surface area (Å²) in [6, 6.07) is 0. The molecule has 0 heterocycles. The Hall–Kier alpha value is -2.19. The number of aliphatic hydroxyl groups is 5. The van der Waals surface area contributed by atoms with E-state index in [2.05, 4.69) is 56.4 Å². The standard InChI is InChI=1S/C47H83O13P/c1-3-5-7-9-11-13-15-17-19-20-22-23-25-27-29-31-33-35-40(48)57-37-39(38-58-61(55,56)60-47-45(53)43(51)42(50)44(52)46(47)54)59-41(49)36-34-32-30-28-26-24-21-18-16-14-12-10-8-6-4-2/h18,21-23,26-29,39,42-47,50-54H,3-17,19-20,24-25,30-38H2,1-2H3,(H,55,56)/b21-18+,23-22+,28-26+,29-27+/t39-,42?,43-,44?,45?,46?,47?/m0/s1. The van der Waals surface area contributed by atoms with Crippen LogP contribution >= 0.6 is 7.82 Å². The number of unbranched alkanes of at least 4 members (excludes halogenated alkanes) is 18. The summed E-state index contributed by atoms with van der Waals surface area (Å²) < 4.78 is 33.4. The minimum atomic E-state index is -5.14. The molecule has 1 fully saturated rings. The van der Waals surface area contributed by atoms with E-state index in [1.807, 2.05) is 6.08 Å². The van der Waals surface area contributed by atoms with Crippen LogP contribution in [0.5, 0.6) is 0 Å². The van der Waals surface area contributed by atoms with Gasteiger partial charge >= 0.3 is 19.8 Å². The highest BCUT2D eigenvalue weighted by Crippen LogP contribution is 2.47. The van der Waals surface area contributed by atoms with Gasteiger partial charge in [0.25, 0.3) is 0 Å². The first-order valence-corrected chi connectivity index (χ1v) is 24.9. The highest BCUT2D eigenvalue weighted by atomic mass is 31.2. The molecule has 0 radical (unpaired) electrons. The smallest absolute Gasteiger partial charge is 0.462 e. The summed E-state index contributed by atoms with van der Waals surface area (Å²) in [5.41, 5.74) is 0. The number of allylic oxidation sites excluding steroid dienone is 8. The molecule has 61 heavy (non-hydrogen) atoms. The number of carbonyl (C=O) groups is 2. The van der Waals surface area contributed by atoms with E-state index in [0.717, 1.165) is 38.5 Å². The predicted molar refractivity (Wildman–Crippen MR) is 239 cm³/mol. The van der Waals surface area contributed by atoms with E-state index in [1.165, 1.54) is 96.3 Å². The Bertz CT molecular complexity index is 1250. The second-order valence-corrected chi connectivity index (χ2v) is 17.7. The van der Waals surface area contributed by atoms with E-state index in [9.17, 15) is 44.6 Å². The number of ether oxygens (including phenoxy) is 2. The van der Waals surface area contributed by atoms with Crippen LogP contribution in [0.4, 0.5) is 0 Å². The van der Waals surface area contributed by atoms with Crippen LogP contribution < -0.4 is 0 Å². The molecule has 354 valence electrons. The number of rotatable bonds is 38. The lowest BCUT2D eigenvalue weighted by Gasteiger charge is -2.41. The third kappa shape index (κ3) is 29.7. The minimum Gasteiger partial charge on any atom is -0.462 e. The fraction of sp³-hybridized carbons (Fsp3) is 0.787. The number of esters is 2. The Labute approximate surface area is 367 Å². The molecule has 1 aliphatic carbocycles. The topological polar surface area (TPSA) is 210 Å². The van der Waals surface area contributed by atoms with Crippen molar-refractivity contribution in [3.05, 3.63) is 48.6 Å². The number of hydrogen-bond donors (Lipinski definition) is 6. The van der Waals surface area contributed by atoms with Gasteiger partial charge < -0.3 is 39.9 Å². The van der Waals surface area contributed by atoms with Gasteiger partial charge in [0.15, 0.2) is 6.10 Å². The maximum absolute atomic E-state index is 12.8. The third-order valence-corrected chi connectivity index (χ3v) is 11.6. The first-order valence-electron chi connectivity index (χ1n) is 23.4. The Morgan fingerprint density at radius 3 is 1.38 bits per heavy atom. The van der Waals surface area contributed by atoms with Gasteiger partial charge in [0.1, 0.15) is 43.2 Å². The average molecular weight is 887 g/mol. The normalized spacial score (nSPS) is 22.4. The Morgan fingerprint density at radius 1 is 0.508 bits per heavy atom. The van der Waals surface area contributed by atoms with E-state index in [1.54, 1.807) is 0 Å². The van der Waals surface area contributed by atoms with Gasteiger partial charge in [-0.1, -0.05) is 146 Å². The Kier molecular flexibility index (Phi) is 34.7. The summed E-state index contributed by atoms with van der Waals surface area (Å²) in [7, 11) is -5.14. The highest BCUT2D eigenvalue weighted by Gasteiger charge is 2.51. The fourth-order valence-corrected chi connectivity index (χ4v) is 7.80. The third-order valence-electron chi connectivity index (χ3n) is 10.6. The van der Waals surface area contributed by atoms with Crippen LogP contribution in [-0.4, -0.2) is 98.3 Å². The maximum Gasteiger partial charge on any atom is 0.472 e. The maximum atomic E-state index is 12.8. The van der Waals surface area contributed by atoms with Crippen molar-refractivity contribution >= 4 is 19.8 Å². The van der Waals surface area contributed by atoms with Gasteiger partial charge in [-0.2, -0.15) is 0 Å². The molecule has 8 atom stereocenters. The largest absolute Gasteiger partial charge is 0.472 e. The van der Waals surface area contributed by atoms with E-state index >= 15 is 0 Å². The molecule has 0 bridgehead atoms. The van der Waals surface area contributed by atoms with Crippen molar-refractivity contribution in [2.75, 3.05) is 13.2 Å². The van der Waals surface area contributed by atoms with Crippen molar-refractivity contribution in [1.82, 2.24) is 0 Å². The number of hydrogen-bond acceptors (Lipinski definition) is 12. The molecule has 6 N–H and O–H groups in total. The van der Waals surface area contributed by atoms with Gasteiger partial charge in [-0.05, 0) is 70.6 Å². The van der Waals surface area contributed by atoms with E-state index in [-0.39, 0.29) is 12.8 Å². The molecule has 13 nitrogen and oxygen atoms in total. The molecule has 0 aromatic carbocycles. The van der Waals surface area contributed by atoms with Crippen LogP contribution in [0.3, 0.4) is 0 Å². The molecular formula is C47H83O13P. The molecule has 1 rings (SSSR count). The van der Waals surface area contributed by atoms with Crippen LogP contribution in [0.1, 0.15) is 181 Å². The van der Waals surface area contributed by atoms with Crippen molar-refractivity contribution in [3.8, 4) is 0 Å². The van der Waals surface area contributed by atoms with Crippen molar-refractivity contribution in [2.24, 2.45) is 0 Å². The van der Waals surface area contributed by atoms with Gasteiger partial charge in [-0.25, -0.2) is 4.57 Å². The van der Waals surface area contributed by atoms with Gasteiger partial charge in [0, 0.05) is 12.8 Å². The summed E-state index contributed by atoms with van der Waals surface area (Å²) in [5, 5.41) is 50.1. The minimum absolute atomic E-state index is 0.0447. The van der Waals surface area contributed by atoms with E-state index < -0.39 is 75.7 Å². The summed E-state index contributed by atoms with van der Waals surface area (Å²) in [4.78, 5) is 35.6. The summed E-state index contributed by atoms with van der Waals surface area (Å²) in [5.74, 6) is -1.19. The fourth-order valence-electron chi connectivity index (χ4n) is 6.83. The van der Waals surface area contributed by atoms with Crippen LogP contribution in [0.2, 0.25) is 0 Å². The predicted octanol–water partition coefficient (Wildman–Crippen LogP) is 9.17. The molecule has 1 saturated carbocycles. The SMILES string of the molecule is CCCCCCCC/C=C/C/C=C/CCCCC(=O)O[C@@H](COC(=O)CCC/C=C/C/C=C/CCCCCCCCCCC)COP(=O)(O)OC1C(O)C(O)C(O)[C@H](O)C1O. The lowest BCUT2D eigenvalue weighted by molar-refractivity contribution is -0.220. The molecule has 0 spiro atoms. The van der Waals surface area contributed by atoms with E-state index in [0.29, 0.717) is 19.3 Å². The van der Waals surface area contributed by atoms with Crippen molar-refractivity contribution in [1.29, 1.82) is 0 Å². The van der Waals surface area contributed by atoms with Crippen LogP contribution in [-0.2, 0) is 32.7 Å². The molecule has 0 amide bonds. The van der Waals surface area contributed by atoms with E-state index in [4.69, 9.17) is 18.5 Å². The molecule has 0 aliphatic heterocycles. The molecule has 0 aromatic heterocycles. The quantitative estimate of drug-likeness (QED) is 0.0148. The van der Waals surface area contributed by atoms with Crippen molar-refractivity contribution in [3.63, 3.8) is 0 Å². The van der Waals surface area contributed by atoms with Gasteiger partial charge in [-0.15, -0.1) is 0 Å². The van der Waals surface area contributed by atoms with Crippen molar-refractivity contribution < 1.29 is 63.1 Å². The zero-order chi connectivity index (χ0) is 45.0. The first kappa shape index (κ1) is 56.8. The second kappa shape index (κ2) is 37.2. The summed E-state index contributed by atoms with van der Waals surface area (Å²) in [6.45, 7) is 3.23. The van der Waals surface area contributed by atoms with Crippen LogP contribution in [0.25, 0.3) is 0 Å². The highest BCUT2D eigenvalue weighted by molar-refractivity contribution is 7.47. The molecule has 0 saturated heterocycles. The molecule has 0 aromatic rings. The van der Waals surface area contributed by atoms with Gasteiger partial charge in [-0.3, -0.25) is 18.6 Å². The molecular weight excluding hydrogens is 803 g/mol. The summed E-state index contributed by atoms with van der Waals surface area (Å²) >= 11 is 0. The lowest BCUT2D eigenvalue weighted by atomic mass is 9.85. The number of phosphoric acid groups is 1. The molecule has 14 heteroatoms. The van der Waals surface area contributed by atoms with Gasteiger partial charge in [0.05, 0.1) is 6.61 Å². The monoisotopic (exact) mass is 887 g/mol. The first-order chi connectivity index (χ1) is 29.4. The lowest BCUT2D eigenvalue weighted by Crippen LogP contribution is -2.64. The number of phosphoric ester groups is 1. The van der Waals surface area contributed by atoms with Crippen molar-refractivity contribution in [2.45, 2.75) is 224 Å². The number of carbonyl (C=O) groups excluding carboxylic acids is 2. The second-order valence-electron chi connectivity index (χ2n) is 16.3.